The van der Waals surface area contributed by atoms with E-state index in [0.29, 0.717) is 6.42 Å². The highest BCUT2D eigenvalue weighted by Crippen LogP contribution is 2.56. The fourth-order valence-corrected chi connectivity index (χ4v) is 4.27. The Hall–Kier alpha value is -0.830. The van der Waals surface area contributed by atoms with Crippen LogP contribution in [0.25, 0.3) is 0 Å². The van der Waals surface area contributed by atoms with Crippen molar-refractivity contribution in [1.82, 2.24) is 0 Å². The Bertz CT molecular complexity index is 414. The van der Waals surface area contributed by atoms with Crippen LogP contribution >= 0.6 is 0 Å². The molecule has 2 rings (SSSR count). The van der Waals surface area contributed by atoms with Gasteiger partial charge in [0.25, 0.3) is 0 Å². The number of fused-ring (bicyclic) bond motifs is 1. The molecule has 4 atom stereocenters. The van der Waals surface area contributed by atoms with Crippen LogP contribution in [-0.2, 0) is 9.53 Å². The summed E-state index contributed by atoms with van der Waals surface area (Å²) in [5.74, 6) is -0.163. The van der Waals surface area contributed by atoms with E-state index in [1.807, 2.05) is 13.8 Å². The van der Waals surface area contributed by atoms with Crippen molar-refractivity contribution in [3.05, 3.63) is 12.2 Å². The predicted octanol–water partition coefficient (Wildman–Crippen LogP) is 3.46. The Labute approximate surface area is 122 Å². The zero-order chi connectivity index (χ0) is 15.1. The molecule has 0 heterocycles. The lowest BCUT2D eigenvalue weighted by molar-refractivity contribution is -0.205. The van der Waals surface area contributed by atoms with Gasteiger partial charge < -0.3 is 9.84 Å². The van der Waals surface area contributed by atoms with Gasteiger partial charge in [-0.15, -0.1) is 0 Å². The smallest absolute Gasteiger partial charge is 0.303 e. The van der Waals surface area contributed by atoms with Gasteiger partial charge in [0.15, 0.2) is 0 Å². The number of rotatable bonds is 2. The molecule has 0 aromatic rings. The van der Waals surface area contributed by atoms with Crippen LogP contribution in [0.2, 0.25) is 0 Å². The number of hydrogen-bond acceptors (Lipinski definition) is 3. The SMILES string of the molecule is C=C1CCC[C@]2(C)CC[C@@](O)(C(C)C)C(OC(C)=O)C12. The standard InChI is InChI=1S/C17H28O3/c1-11(2)17(19)10-9-16(5)8-6-7-12(3)14(16)15(17)20-13(4)18/h11,14-15,19H,3,6-10H2,1-2,4-5H3/t14?,15?,16-,17-/m1/s1. The van der Waals surface area contributed by atoms with E-state index < -0.39 is 11.7 Å². The lowest BCUT2D eigenvalue weighted by Gasteiger charge is -2.56. The van der Waals surface area contributed by atoms with Gasteiger partial charge in [-0.2, -0.15) is 0 Å². The van der Waals surface area contributed by atoms with Crippen LogP contribution in [0.5, 0.6) is 0 Å². The Kier molecular flexibility index (Phi) is 4.03. The highest BCUT2D eigenvalue weighted by molar-refractivity contribution is 5.66. The van der Waals surface area contributed by atoms with Crippen LogP contribution in [0.15, 0.2) is 12.2 Å². The molecule has 2 fully saturated rings. The maximum Gasteiger partial charge on any atom is 0.303 e. The summed E-state index contributed by atoms with van der Waals surface area (Å²) >= 11 is 0. The first kappa shape index (κ1) is 15.6. The second kappa shape index (κ2) is 5.18. The van der Waals surface area contributed by atoms with Crippen LogP contribution in [0, 0.1) is 17.3 Å². The van der Waals surface area contributed by atoms with E-state index in [1.54, 1.807) is 0 Å². The maximum absolute atomic E-state index is 11.5. The molecule has 20 heavy (non-hydrogen) atoms. The minimum Gasteiger partial charge on any atom is -0.459 e. The van der Waals surface area contributed by atoms with E-state index in [9.17, 15) is 9.90 Å². The largest absolute Gasteiger partial charge is 0.459 e. The van der Waals surface area contributed by atoms with E-state index in [0.717, 1.165) is 31.3 Å². The first-order valence-electron chi connectivity index (χ1n) is 7.78. The number of esters is 1. The topological polar surface area (TPSA) is 46.5 Å². The molecule has 0 aliphatic heterocycles. The molecule has 0 amide bonds. The fraction of sp³-hybridized carbons (Fsp3) is 0.824. The number of aliphatic hydroxyl groups is 1. The van der Waals surface area contributed by atoms with Gasteiger partial charge in [0.05, 0.1) is 0 Å². The molecule has 3 nitrogen and oxygen atoms in total. The first-order chi connectivity index (χ1) is 9.20. The zero-order valence-corrected chi connectivity index (χ0v) is 13.2. The predicted molar refractivity (Wildman–Crippen MR) is 79.2 cm³/mol. The second-order valence-corrected chi connectivity index (χ2v) is 7.32. The van der Waals surface area contributed by atoms with Crippen LogP contribution in [0.3, 0.4) is 0 Å². The van der Waals surface area contributed by atoms with Gasteiger partial charge in [0, 0.05) is 12.8 Å². The summed E-state index contributed by atoms with van der Waals surface area (Å²) in [6.07, 6.45) is 4.48. The number of carbonyl (C=O) groups is 1. The summed E-state index contributed by atoms with van der Waals surface area (Å²) in [7, 11) is 0. The molecule has 114 valence electrons. The van der Waals surface area contributed by atoms with Crippen molar-refractivity contribution < 1.29 is 14.6 Å². The normalized spacial score (nSPS) is 41.4. The van der Waals surface area contributed by atoms with Gasteiger partial charge >= 0.3 is 5.97 Å². The van der Waals surface area contributed by atoms with E-state index in [4.69, 9.17) is 4.74 Å². The second-order valence-electron chi connectivity index (χ2n) is 7.32. The first-order valence-corrected chi connectivity index (χ1v) is 7.78. The van der Waals surface area contributed by atoms with E-state index in [1.165, 1.54) is 6.92 Å². The van der Waals surface area contributed by atoms with Crippen LogP contribution in [-0.4, -0.2) is 22.8 Å². The summed E-state index contributed by atoms with van der Waals surface area (Å²) < 4.78 is 5.62. The summed E-state index contributed by atoms with van der Waals surface area (Å²) in [4.78, 5) is 11.5. The van der Waals surface area contributed by atoms with Crippen molar-refractivity contribution in [3.8, 4) is 0 Å². The summed E-state index contributed by atoms with van der Waals surface area (Å²) in [5.41, 5.74) is 0.316. The third-order valence-electron chi connectivity index (χ3n) is 5.62. The van der Waals surface area contributed by atoms with Gasteiger partial charge in [-0.05, 0) is 43.4 Å². The van der Waals surface area contributed by atoms with E-state index >= 15 is 0 Å². The van der Waals surface area contributed by atoms with E-state index in [2.05, 4.69) is 13.5 Å². The average Bonchev–Trinajstić information content (AvgIpc) is 2.33. The third-order valence-corrected chi connectivity index (χ3v) is 5.62. The molecule has 0 radical (unpaired) electrons. The van der Waals surface area contributed by atoms with Gasteiger partial charge in [0.1, 0.15) is 11.7 Å². The van der Waals surface area contributed by atoms with Gasteiger partial charge in [-0.25, -0.2) is 0 Å². The number of carbonyl (C=O) groups excluding carboxylic acids is 1. The highest BCUT2D eigenvalue weighted by atomic mass is 16.6. The van der Waals surface area contributed by atoms with Crippen molar-refractivity contribution in [2.75, 3.05) is 0 Å². The van der Waals surface area contributed by atoms with Crippen molar-refractivity contribution in [2.24, 2.45) is 17.3 Å². The molecule has 0 spiro atoms. The summed E-state index contributed by atoms with van der Waals surface area (Å²) in [5, 5.41) is 11.1. The van der Waals surface area contributed by atoms with Crippen molar-refractivity contribution >= 4 is 5.97 Å². The van der Waals surface area contributed by atoms with Crippen molar-refractivity contribution in [3.63, 3.8) is 0 Å². The molecule has 3 heteroatoms. The number of hydrogen-bond donors (Lipinski definition) is 1. The van der Waals surface area contributed by atoms with Gasteiger partial charge in [0.2, 0.25) is 0 Å². The van der Waals surface area contributed by atoms with Crippen molar-refractivity contribution in [2.45, 2.75) is 71.5 Å². The van der Waals surface area contributed by atoms with Crippen molar-refractivity contribution in [1.29, 1.82) is 0 Å². The molecule has 0 aromatic heterocycles. The average molecular weight is 280 g/mol. The quantitative estimate of drug-likeness (QED) is 0.622. The highest BCUT2D eigenvalue weighted by Gasteiger charge is 2.57. The Morgan fingerprint density at radius 2 is 2.05 bits per heavy atom. The molecule has 2 aliphatic rings. The van der Waals surface area contributed by atoms with Gasteiger partial charge in [-0.1, -0.05) is 32.9 Å². The van der Waals surface area contributed by atoms with Crippen LogP contribution in [0.1, 0.15) is 59.8 Å². The molecule has 0 saturated heterocycles. The lowest BCUT2D eigenvalue weighted by Crippen LogP contribution is -2.61. The fourth-order valence-electron chi connectivity index (χ4n) is 4.27. The minimum atomic E-state index is -0.934. The summed E-state index contributed by atoms with van der Waals surface area (Å²) in [6.45, 7) is 11.9. The molecular formula is C17H28O3. The lowest BCUT2D eigenvalue weighted by atomic mass is 9.53. The monoisotopic (exact) mass is 280 g/mol. The van der Waals surface area contributed by atoms with Crippen LogP contribution < -0.4 is 0 Å². The molecular weight excluding hydrogens is 252 g/mol. The van der Waals surface area contributed by atoms with E-state index in [-0.39, 0.29) is 23.2 Å². The Balaban J connectivity index is 2.42. The Morgan fingerprint density at radius 1 is 1.40 bits per heavy atom. The third kappa shape index (κ3) is 2.41. The molecule has 0 aromatic carbocycles. The minimum absolute atomic E-state index is 0.0612. The molecule has 2 saturated carbocycles. The Morgan fingerprint density at radius 3 is 2.60 bits per heavy atom. The molecule has 2 unspecified atom stereocenters. The molecule has 2 aliphatic carbocycles. The number of ether oxygens (including phenoxy) is 1. The summed E-state index contributed by atoms with van der Waals surface area (Å²) in [6, 6.07) is 0. The van der Waals surface area contributed by atoms with Gasteiger partial charge in [-0.3, -0.25) is 4.79 Å². The molecule has 1 N–H and O–H groups in total. The zero-order valence-electron chi connectivity index (χ0n) is 13.2. The maximum atomic E-state index is 11.5. The molecule has 0 bridgehead atoms. The van der Waals surface area contributed by atoms with Crippen LogP contribution in [0.4, 0.5) is 0 Å².